The van der Waals surface area contributed by atoms with Crippen LogP contribution in [-0.2, 0) is 10.2 Å². The third-order valence-corrected chi connectivity index (χ3v) is 5.14. The summed E-state index contributed by atoms with van der Waals surface area (Å²) in [5.41, 5.74) is 2.41. The van der Waals surface area contributed by atoms with Gasteiger partial charge in [-0.2, -0.15) is 5.10 Å². The molecule has 0 radical (unpaired) electrons. The minimum absolute atomic E-state index is 0.0269. The zero-order valence-electron chi connectivity index (χ0n) is 14.7. The van der Waals surface area contributed by atoms with E-state index in [9.17, 15) is 13.6 Å². The second-order valence-corrected chi connectivity index (χ2v) is 7.11. The van der Waals surface area contributed by atoms with Gasteiger partial charge in [0, 0.05) is 29.6 Å². The smallest absolute Gasteiger partial charge is 0.220 e. The summed E-state index contributed by atoms with van der Waals surface area (Å²) in [7, 11) is 0. The highest BCUT2D eigenvalue weighted by molar-refractivity contribution is 5.77. The monoisotopic (exact) mass is 347 g/mol. The van der Waals surface area contributed by atoms with E-state index in [-0.39, 0.29) is 23.9 Å². The maximum Gasteiger partial charge on any atom is 0.220 e. The Morgan fingerprint density at radius 1 is 1.32 bits per heavy atom. The molecule has 1 heterocycles. The lowest BCUT2D eigenvalue weighted by Crippen LogP contribution is -2.33. The Hall–Kier alpha value is -2.24. The van der Waals surface area contributed by atoms with E-state index in [1.807, 2.05) is 20.8 Å². The molecule has 4 nitrogen and oxygen atoms in total. The number of aromatic amines is 1. The van der Waals surface area contributed by atoms with Gasteiger partial charge in [0.15, 0.2) is 0 Å². The fraction of sp³-hybridized carbons (Fsp3) is 0.474. The zero-order chi connectivity index (χ0) is 18.2. The number of hydrogen-bond acceptors (Lipinski definition) is 2. The van der Waals surface area contributed by atoms with Gasteiger partial charge >= 0.3 is 0 Å². The van der Waals surface area contributed by atoms with E-state index in [4.69, 9.17) is 0 Å². The molecule has 0 aliphatic heterocycles. The summed E-state index contributed by atoms with van der Waals surface area (Å²) in [6.45, 7) is 6.09. The number of nitrogens with zero attached hydrogens (tertiary/aromatic N) is 1. The summed E-state index contributed by atoms with van der Waals surface area (Å²) in [4.78, 5) is 12.3. The highest BCUT2D eigenvalue weighted by atomic mass is 19.1. The number of aromatic nitrogens is 2. The van der Waals surface area contributed by atoms with E-state index in [2.05, 4.69) is 15.5 Å². The molecule has 1 unspecified atom stereocenters. The number of aryl methyl sites for hydroxylation is 2. The van der Waals surface area contributed by atoms with Crippen molar-refractivity contribution in [3.63, 3.8) is 0 Å². The number of hydrogen-bond donors (Lipinski definition) is 2. The van der Waals surface area contributed by atoms with Gasteiger partial charge in [0.25, 0.3) is 0 Å². The maximum atomic E-state index is 14.0. The van der Waals surface area contributed by atoms with Crippen molar-refractivity contribution in [1.82, 2.24) is 15.5 Å². The average molecular weight is 347 g/mol. The van der Waals surface area contributed by atoms with Gasteiger partial charge in [-0.3, -0.25) is 9.89 Å². The molecule has 2 N–H and O–H groups in total. The van der Waals surface area contributed by atoms with Crippen LogP contribution in [0.15, 0.2) is 18.2 Å². The fourth-order valence-corrected chi connectivity index (χ4v) is 3.68. The standard InChI is InChI=1S/C19H23F2N3O/c1-11(17-12(2)23-24-13(17)3)9-16(25)22-10-19(7-8-19)18-14(20)5-4-6-15(18)21/h4-6,11H,7-10H2,1-3H3,(H,22,25)(H,23,24). The molecule has 6 heteroatoms. The summed E-state index contributed by atoms with van der Waals surface area (Å²) in [6, 6.07) is 3.90. The number of nitrogens with one attached hydrogen (secondary N) is 2. The van der Waals surface area contributed by atoms with E-state index in [0.29, 0.717) is 19.3 Å². The molecule has 1 aliphatic carbocycles. The Kier molecular flexibility index (Phi) is 4.62. The molecule has 2 aromatic rings. The van der Waals surface area contributed by atoms with Crippen molar-refractivity contribution in [3.05, 3.63) is 52.3 Å². The highest BCUT2D eigenvalue weighted by Gasteiger charge is 2.48. The number of amides is 1. The molecule has 0 spiro atoms. The van der Waals surface area contributed by atoms with Crippen molar-refractivity contribution >= 4 is 5.91 Å². The summed E-state index contributed by atoms with van der Waals surface area (Å²) < 4.78 is 28.1. The SMILES string of the molecule is Cc1n[nH]c(C)c1C(C)CC(=O)NCC1(c2c(F)cccc2F)CC1. The molecule has 3 rings (SSSR count). The highest BCUT2D eigenvalue weighted by Crippen LogP contribution is 2.49. The van der Waals surface area contributed by atoms with Crippen LogP contribution in [0.25, 0.3) is 0 Å². The van der Waals surface area contributed by atoms with Crippen molar-refractivity contribution in [1.29, 1.82) is 0 Å². The summed E-state index contributed by atoms with van der Waals surface area (Å²) >= 11 is 0. The first-order valence-corrected chi connectivity index (χ1v) is 8.57. The summed E-state index contributed by atoms with van der Waals surface area (Å²) in [6.07, 6.45) is 1.68. The van der Waals surface area contributed by atoms with Crippen molar-refractivity contribution in [2.75, 3.05) is 6.54 Å². The molecular formula is C19H23F2N3O. The van der Waals surface area contributed by atoms with Crippen LogP contribution in [0.2, 0.25) is 0 Å². The van der Waals surface area contributed by atoms with E-state index in [0.717, 1.165) is 17.0 Å². The van der Waals surface area contributed by atoms with Crippen LogP contribution in [0, 0.1) is 25.5 Å². The number of benzene rings is 1. The average Bonchev–Trinajstić information content (AvgIpc) is 3.24. The van der Waals surface area contributed by atoms with Crippen LogP contribution in [0.1, 0.15) is 54.6 Å². The fourth-order valence-electron chi connectivity index (χ4n) is 3.68. The minimum Gasteiger partial charge on any atom is -0.355 e. The van der Waals surface area contributed by atoms with Crippen molar-refractivity contribution < 1.29 is 13.6 Å². The maximum absolute atomic E-state index is 14.0. The van der Waals surface area contributed by atoms with Crippen molar-refractivity contribution in [2.45, 2.75) is 51.4 Å². The Labute approximate surface area is 146 Å². The summed E-state index contributed by atoms with van der Waals surface area (Å²) in [5, 5.41) is 9.95. The van der Waals surface area contributed by atoms with Gasteiger partial charge in [0.05, 0.1) is 5.69 Å². The third-order valence-electron chi connectivity index (χ3n) is 5.14. The second kappa shape index (κ2) is 6.58. The van der Waals surface area contributed by atoms with Crippen LogP contribution in [0.5, 0.6) is 0 Å². The van der Waals surface area contributed by atoms with Gasteiger partial charge < -0.3 is 5.32 Å². The number of carbonyl (C=O) groups excluding carboxylic acids is 1. The Balaban J connectivity index is 1.63. The minimum atomic E-state index is -0.601. The number of carbonyl (C=O) groups is 1. The summed E-state index contributed by atoms with van der Waals surface area (Å²) in [5.74, 6) is -1.16. The van der Waals surface area contributed by atoms with Crippen molar-refractivity contribution in [3.8, 4) is 0 Å². The number of rotatable bonds is 6. The van der Waals surface area contributed by atoms with E-state index < -0.39 is 17.0 Å². The van der Waals surface area contributed by atoms with Crippen LogP contribution in [-0.4, -0.2) is 22.6 Å². The molecular weight excluding hydrogens is 324 g/mol. The lowest BCUT2D eigenvalue weighted by atomic mass is 9.93. The predicted octanol–water partition coefficient (Wildman–Crippen LogP) is 3.65. The van der Waals surface area contributed by atoms with E-state index >= 15 is 0 Å². The van der Waals surface area contributed by atoms with Gasteiger partial charge in [0.2, 0.25) is 5.91 Å². The third kappa shape index (κ3) is 3.43. The van der Waals surface area contributed by atoms with Gasteiger partial charge in [-0.1, -0.05) is 13.0 Å². The topological polar surface area (TPSA) is 57.8 Å². The molecule has 1 aliphatic rings. The normalized spacial score (nSPS) is 16.5. The molecule has 1 aromatic carbocycles. The van der Waals surface area contributed by atoms with Crippen LogP contribution in [0.4, 0.5) is 8.78 Å². The van der Waals surface area contributed by atoms with Gasteiger partial charge in [-0.15, -0.1) is 0 Å². The Morgan fingerprint density at radius 2 is 1.96 bits per heavy atom. The largest absolute Gasteiger partial charge is 0.355 e. The van der Waals surface area contributed by atoms with Gasteiger partial charge in [-0.25, -0.2) is 8.78 Å². The first kappa shape index (κ1) is 17.6. The molecule has 1 aromatic heterocycles. The molecule has 134 valence electrons. The molecule has 0 bridgehead atoms. The van der Waals surface area contributed by atoms with Gasteiger partial charge in [-0.05, 0) is 50.3 Å². The lowest BCUT2D eigenvalue weighted by Gasteiger charge is -2.19. The molecule has 1 saturated carbocycles. The Morgan fingerprint density at radius 3 is 2.48 bits per heavy atom. The molecule has 1 atom stereocenters. The molecule has 1 amide bonds. The quantitative estimate of drug-likeness (QED) is 0.838. The van der Waals surface area contributed by atoms with E-state index in [1.54, 1.807) is 0 Å². The second-order valence-electron chi connectivity index (χ2n) is 7.11. The van der Waals surface area contributed by atoms with Crippen LogP contribution < -0.4 is 5.32 Å². The van der Waals surface area contributed by atoms with Crippen LogP contribution >= 0.6 is 0 Å². The molecule has 25 heavy (non-hydrogen) atoms. The first-order chi connectivity index (χ1) is 11.8. The molecule has 1 fully saturated rings. The predicted molar refractivity (Wildman–Crippen MR) is 91.4 cm³/mol. The first-order valence-electron chi connectivity index (χ1n) is 8.57. The van der Waals surface area contributed by atoms with Crippen molar-refractivity contribution in [2.24, 2.45) is 0 Å². The van der Waals surface area contributed by atoms with E-state index in [1.165, 1.54) is 18.2 Å². The number of halogens is 2. The number of H-pyrrole nitrogens is 1. The molecule has 0 saturated heterocycles. The lowest BCUT2D eigenvalue weighted by molar-refractivity contribution is -0.121. The Bertz CT molecular complexity index is 756. The van der Waals surface area contributed by atoms with Crippen LogP contribution in [0.3, 0.4) is 0 Å². The zero-order valence-corrected chi connectivity index (χ0v) is 14.7. The van der Waals surface area contributed by atoms with Gasteiger partial charge in [0.1, 0.15) is 11.6 Å².